The van der Waals surface area contributed by atoms with E-state index in [9.17, 15) is 72.5 Å². The number of hydrogen-bond acceptors (Lipinski definition) is 15. The Hall–Kier alpha value is -6.97. The van der Waals surface area contributed by atoms with E-state index in [-0.39, 0.29) is 49.2 Å². The molecule has 11 atom stereocenters. The number of piperidine rings is 1. The average Bonchev–Trinajstić information content (AvgIpc) is 3.74. The van der Waals surface area contributed by atoms with Gasteiger partial charge in [0.05, 0.1) is 31.8 Å². The summed E-state index contributed by atoms with van der Waals surface area (Å²) in [5, 5.41) is 43.6. The van der Waals surface area contributed by atoms with Crippen LogP contribution in [0.4, 0.5) is 0 Å². The van der Waals surface area contributed by atoms with Gasteiger partial charge in [-0.15, -0.1) is 0 Å². The number of amides is 10. The predicted molar refractivity (Wildman–Crippen MR) is 248 cm³/mol. The van der Waals surface area contributed by atoms with E-state index in [4.69, 9.17) is 22.3 Å². The van der Waals surface area contributed by atoms with Gasteiger partial charge in [0.15, 0.2) is 0 Å². The summed E-state index contributed by atoms with van der Waals surface area (Å²) in [4.78, 5) is 161. The summed E-state index contributed by atoms with van der Waals surface area (Å²) in [7, 11) is 0. The van der Waals surface area contributed by atoms with Crippen molar-refractivity contribution in [1.29, 1.82) is 0 Å². The first kappa shape index (κ1) is 62.0. The lowest BCUT2D eigenvalue weighted by Gasteiger charge is -2.38. The molecule has 0 aromatic heterocycles. The van der Waals surface area contributed by atoms with E-state index in [0.29, 0.717) is 19.3 Å². The highest BCUT2D eigenvalue weighted by Gasteiger charge is 2.41. The Labute approximate surface area is 410 Å². The number of hydrogen-bond donors (Lipinski definition) is 13. The molecule has 10 amide bonds. The number of nitrogens with one attached hydrogen (secondary N) is 7. The molecule has 0 aromatic rings. The van der Waals surface area contributed by atoms with Crippen LogP contribution in [0.3, 0.4) is 0 Å². The van der Waals surface area contributed by atoms with Crippen molar-refractivity contribution < 1.29 is 77.6 Å². The van der Waals surface area contributed by atoms with Gasteiger partial charge in [-0.3, -0.25) is 62.3 Å². The van der Waals surface area contributed by atoms with Crippen molar-refractivity contribution in [2.45, 2.75) is 154 Å². The minimum atomic E-state index is -1.95. The van der Waals surface area contributed by atoms with Crippen LogP contribution in [0.25, 0.3) is 0 Å². The minimum Gasteiger partial charge on any atom is -0.481 e. The summed E-state index contributed by atoms with van der Waals surface area (Å²) in [6.45, 7) is 9.66. The number of rotatable bonds is 27. The first-order valence-corrected chi connectivity index (χ1v) is 23.2. The van der Waals surface area contributed by atoms with Crippen molar-refractivity contribution >= 4 is 77.5 Å². The fourth-order valence-electron chi connectivity index (χ4n) is 7.40. The largest absolute Gasteiger partial charge is 0.481 e. The Morgan fingerprint density at radius 1 is 0.662 bits per heavy atom. The van der Waals surface area contributed by atoms with Crippen molar-refractivity contribution in [3.8, 4) is 0 Å². The maximum atomic E-state index is 13.4. The van der Waals surface area contributed by atoms with Crippen LogP contribution in [0.1, 0.15) is 99.3 Å². The van der Waals surface area contributed by atoms with E-state index in [1.807, 2.05) is 40.0 Å². The Kier molecular flexibility index (Phi) is 26.7. The normalized spacial score (nSPS) is 19.0. The standard InChI is InChI=1S/C28H43N9O14.C15H29N3O2/c1-12(28(50)51)22(36-25(47)16-5-3-4-6-37(16)27(49)21(30)13(2)33-11-38)26(48)35-15(8-20(43)44)24(46)32-10-18(40)34-14(7-19(41)42)23(45)31-9-17(29)39;1-5-10(2)14(17-13(19)9-11(3)16)15(20)18-8-6-7-12(18)4/h11-16,21-22H,3-10,30H2,1-2H3,(H2,29,39)(H,31,45)(H,32,46)(H,33,38)(H,34,40)(H,35,48)(H,36,47)(H,41,42)(H,43,44)(H,50,51);10-12,14H,5-9,16H2,1-4H3,(H,17,19). The molecule has 16 N–H and O–H groups in total. The number of carbonyl (C=O) groups is 13. The van der Waals surface area contributed by atoms with E-state index >= 15 is 0 Å². The number of carboxylic acids is 3. The Morgan fingerprint density at radius 3 is 1.72 bits per heavy atom. The number of primary amides is 1. The Morgan fingerprint density at radius 2 is 1.23 bits per heavy atom. The second-order valence-corrected chi connectivity index (χ2v) is 17.7. The molecular formula is C43H72N12O16. The molecule has 0 spiro atoms. The molecule has 71 heavy (non-hydrogen) atoms. The topological polar surface area (TPSA) is 451 Å². The lowest BCUT2D eigenvalue weighted by molar-refractivity contribution is -0.149. The van der Waals surface area contributed by atoms with Gasteiger partial charge in [0, 0.05) is 37.6 Å². The summed E-state index contributed by atoms with van der Waals surface area (Å²) in [6, 6.07) is -9.19. The van der Waals surface area contributed by atoms with Crippen LogP contribution < -0.4 is 54.4 Å². The number of carboxylic acid groups (broad SMARTS) is 3. The molecule has 2 fully saturated rings. The van der Waals surface area contributed by atoms with E-state index in [0.717, 1.165) is 37.6 Å². The number of carbonyl (C=O) groups excluding carboxylic acids is 10. The van der Waals surface area contributed by atoms with Gasteiger partial charge in [0.25, 0.3) is 0 Å². The molecule has 2 aliphatic rings. The third kappa shape index (κ3) is 21.3. The molecule has 0 aromatic carbocycles. The van der Waals surface area contributed by atoms with Crippen molar-refractivity contribution in [3.63, 3.8) is 0 Å². The maximum Gasteiger partial charge on any atom is 0.308 e. The van der Waals surface area contributed by atoms with Gasteiger partial charge >= 0.3 is 17.9 Å². The van der Waals surface area contributed by atoms with Crippen molar-refractivity contribution in [3.05, 3.63) is 0 Å². The second-order valence-electron chi connectivity index (χ2n) is 17.7. The van der Waals surface area contributed by atoms with Crippen molar-refractivity contribution in [2.24, 2.45) is 29.0 Å². The van der Waals surface area contributed by atoms with Gasteiger partial charge in [-0.05, 0) is 65.7 Å². The molecule has 0 saturated carbocycles. The molecule has 0 bridgehead atoms. The number of nitrogens with two attached hydrogens (primary N) is 3. The first-order chi connectivity index (χ1) is 33.2. The van der Waals surface area contributed by atoms with Gasteiger partial charge < -0.3 is 79.5 Å². The number of nitrogens with zero attached hydrogens (tertiary/aromatic N) is 2. The molecule has 2 saturated heterocycles. The van der Waals surface area contributed by atoms with Gasteiger partial charge in [-0.2, -0.15) is 0 Å². The number of aliphatic carboxylic acids is 3. The van der Waals surface area contributed by atoms with Crippen LogP contribution in [0, 0.1) is 11.8 Å². The fourth-order valence-corrected chi connectivity index (χ4v) is 7.40. The highest BCUT2D eigenvalue weighted by atomic mass is 16.4. The molecule has 11 unspecified atom stereocenters. The van der Waals surface area contributed by atoms with Gasteiger partial charge in [-0.1, -0.05) is 20.3 Å². The lowest BCUT2D eigenvalue weighted by Crippen LogP contribution is -2.63. The molecule has 2 heterocycles. The average molecular weight is 1010 g/mol. The predicted octanol–water partition coefficient (Wildman–Crippen LogP) is -5.06. The molecular weight excluding hydrogens is 941 g/mol. The molecule has 2 rings (SSSR count). The molecule has 0 radical (unpaired) electrons. The van der Waals surface area contributed by atoms with E-state index in [1.165, 1.54) is 6.92 Å². The van der Waals surface area contributed by atoms with Crippen LogP contribution in [0.2, 0.25) is 0 Å². The highest BCUT2D eigenvalue weighted by molar-refractivity contribution is 5.99. The quantitative estimate of drug-likeness (QED) is 0.0343. The Balaban J connectivity index is 0.00000104. The van der Waals surface area contributed by atoms with Crippen LogP contribution in [0.15, 0.2) is 0 Å². The molecule has 400 valence electrons. The first-order valence-electron chi connectivity index (χ1n) is 23.2. The third-order valence-corrected chi connectivity index (χ3v) is 11.8. The SMILES string of the molecule is CC(NC=O)C(N)C(=O)N1CCCCC1C(=O)NC(C(=O)NC(CC(=O)O)C(=O)NCC(=O)NC(CC(=O)O)C(=O)NCC(N)=O)C(C)C(=O)O.CCC(C)C(NC(=O)CC(C)N)C(=O)N1CCCC1C. The smallest absolute Gasteiger partial charge is 0.308 e. The highest BCUT2D eigenvalue weighted by Crippen LogP contribution is 2.22. The summed E-state index contributed by atoms with van der Waals surface area (Å²) in [6.07, 6.45) is 2.58. The van der Waals surface area contributed by atoms with Crippen LogP contribution in [-0.4, -0.2) is 183 Å². The molecule has 28 heteroatoms. The summed E-state index contributed by atoms with van der Waals surface area (Å²) >= 11 is 0. The fraction of sp³-hybridized carbons (Fsp3) is 0.698. The van der Waals surface area contributed by atoms with Crippen molar-refractivity contribution in [1.82, 2.24) is 47.0 Å². The van der Waals surface area contributed by atoms with E-state index < -0.39 is 133 Å². The molecule has 2 aliphatic heterocycles. The summed E-state index contributed by atoms with van der Waals surface area (Å²) < 4.78 is 0. The summed E-state index contributed by atoms with van der Waals surface area (Å²) in [5.41, 5.74) is 16.5. The van der Waals surface area contributed by atoms with Crippen molar-refractivity contribution in [2.75, 3.05) is 26.2 Å². The van der Waals surface area contributed by atoms with Gasteiger partial charge in [-0.25, -0.2) is 0 Å². The van der Waals surface area contributed by atoms with Crippen LogP contribution in [-0.2, 0) is 62.3 Å². The van der Waals surface area contributed by atoms with Crippen LogP contribution >= 0.6 is 0 Å². The van der Waals surface area contributed by atoms with E-state index in [1.54, 1.807) is 6.92 Å². The van der Waals surface area contributed by atoms with Gasteiger partial charge in [0.2, 0.25) is 59.6 Å². The second kappa shape index (κ2) is 30.6. The molecule has 0 aliphatic carbocycles. The molecule has 28 nitrogen and oxygen atoms in total. The zero-order valence-corrected chi connectivity index (χ0v) is 40.9. The van der Waals surface area contributed by atoms with Crippen LogP contribution in [0.5, 0.6) is 0 Å². The number of likely N-dealkylation sites (tertiary alicyclic amines) is 2. The zero-order valence-electron chi connectivity index (χ0n) is 40.9. The minimum absolute atomic E-state index is 0.0578. The zero-order chi connectivity index (χ0) is 54.3. The lowest BCUT2D eigenvalue weighted by atomic mass is 9.96. The maximum absolute atomic E-state index is 13.4. The Bertz CT molecular complexity index is 1940. The monoisotopic (exact) mass is 1010 g/mol. The third-order valence-electron chi connectivity index (χ3n) is 11.8. The van der Waals surface area contributed by atoms with Gasteiger partial charge in [0.1, 0.15) is 36.3 Å². The van der Waals surface area contributed by atoms with E-state index in [2.05, 4.69) is 22.9 Å². The summed E-state index contributed by atoms with van der Waals surface area (Å²) in [5.74, 6) is -13.8.